The number of carbonyl (C=O) groups is 1. The molecule has 3 heterocycles. The summed E-state index contributed by atoms with van der Waals surface area (Å²) in [5, 5.41) is 9.33. The van der Waals surface area contributed by atoms with Gasteiger partial charge in [-0.15, -0.1) is 12.4 Å². The summed E-state index contributed by atoms with van der Waals surface area (Å²) in [6.07, 6.45) is 4.26. The number of piperidine rings is 1. The third-order valence-corrected chi connectivity index (χ3v) is 4.20. The Morgan fingerprint density at radius 1 is 1.43 bits per heavy atom. The van der Waals surface area contributed by atoms with E-state index < -0.39 is 12.0 Å². The van der Waals surface area contributed by atoms with Crippen LogP contribution in [0.1, 0.15) is 30.5 Å². The van der Waals surface area contributed by atoms with Gasteiger partial charge in [0.2, 0.25) is 0 Å². The average Bonchev–Trinajstić information content (AvgIpc) is 2.49. The Bertz CT molecular complexity index is 775. The molecule has 0 radical (unpaired) electrons. The molecule has 0 amide bonds. The summed E-state index contributed by atoms with van der Waals surface area (Å²) in [6, 6.07) is 4.74. The van der Waals surface area contributed by atoms with E-state index in [2.05, 4.69) is 4.98 Å². The van der Waals surface area contributed by atoms with Crippen LogP contribution in [-0.2, 0) is 11.3 Å². The lowest BCUT2D eigenvalue weighted by atomic mass is 10.0. The first-order chi connectivity index (χ1) is 10.6. The molecule has 2 aromatic rings. The minimum atomic E-state index is -0.798. The molecule has 6 nitrogen and oxygen atoms in total. The number of rotatable bonds is 3. The number of hydrogen-bond donors (Lipinski definition) is 1. The van der Waals surface area contributed by atoms with Gasteiger partial charge in [0.25, 0.3) is 5.56 Å². The highest BCUT2D eigenvalue weighted by Gasteiger charge is 2.28. The van der Waals surface area contributed by atoms with E-state index >= 15 is 0 Å². The number of carboxylic acids is 1. The van der Waals surface area contributed by atoms with Crippen molar-refractivity contribution >= 4 is 24.0 Å². The molecule has 3 rings (SSSR count). The Labute approximate surface area is 140 Å². The molecule has 1 fully saturated rings. The van der Waals surface area contributed by atoms with Crippen LogP contribution < -0.4 is 5.56 Å². The number of aliphatic carboxylic acids is 1. The molecule has 0 aromatic carbocycles. The molecule has 0 spiro atoms. The zero-order valence-electron chi connectivity index (χ0n) is 12.9. The van der Waals surface area contributed by atoms with Gasteiger partial charge in [0.15, 0.2) is 0 Å². The zero-order valence-corrected chi connectivity index (χ0v) is 13.8. The fourth-order valence-electron chi connectivity index (χ4n) is 3.06. The van der Waals surface area contributed by atoms with Crippen molar-refractivity contribution in [1.82, 2.24) is 14.3 Å². The second-order valence-corrected chi connectivity index (χ2v) is 5.79. The average molecular weight is 338 g/mol. The number of halogens is 1. The summed E-state index contributed by atoms with van der Waals surface area (Å²) in [4.78, 5) is 30.0. The molecule has 1 N–H and O–H groups in total. The van der Waals surface area contributed by atoms with E-state index in [1.54, 1.807) is 6.20 Å². The minimum absolute atomic E-state index is 0. The minimum Gasteiger partial charge on any atom is -0.480 e. The van der Waals surface area contributed by atoms with Crippen molar-refractivity contribution in [2.24, 2.45) is 0 Å². The first kappa shape index (κ1) is 17.4. The van der Waals surface area contributed by atoms with Gasteiger partial charge in [0, 0.05) is 18.8 Å². The smallest absolute Gasteiger partial charge is 0.320 e. The molecular formula is C16H20ClN3O3. The summed E-state index contributed by atoms with van der Waals surface area (Å²) < 4.78 is 1.52. The van der Waals surface area contributed by atoms with Crippen LogP contribution in [0.5, 0.6) is 0 Å². The van der Waals surface area contributed by atoms with Crippen LogP contribution in [0, 0.1) is 6.92 Å². The van der Waals surface area contributed by atoms with Crippen molar-refractivity contribution in [2.75, 3.05) is 6.54 Å². The van der Waals surface area contributed by atoms with Gasteiger partial charge in [-0.3, -0.25) is 18.9 Å². The van der Waals surface area contributed by atoms with Gasteiger partial charge in [-0.05, 0) is 37.9 Å². The van der Waals surface area contributed by atoms with Gasteiger partial charge in [0.1, 0.15) is 11.7 Å². The number of carboxylic acid groups (broad SMARTS) is 1. The van der Waals surface area contributed by atoms with E-state index in [0.717, 1.165) is 24.9 Å². The van der Waals surface area contributed by atoms with E-state index in [1.807, 2.05) is 24.0 Å². The Balaban J connectivity index is 0.00000192. The molecule has 1 aliphatic heterocycles. The fraction of sp³-hybridized carbons (Fsp3) is 0.438. The quantitative estimate of drug-likeness (QED) is 0.925. The number of fused-ring (bicyclic) bond motifs is 1. The summed E-state index contributed by atoms with van der Waals surface area (Å²) >= 11 is 0. The summed E-state index contributed by atoms with van der Waals surface area (Å²) in [5.74, 6) is -0.798. The lowest BCUT2D eigenvalue weighted by Gasteiger charge is -2.32. The Morgan fingerprint density at radius 3 is 2.96 bits per heavy atom. The summed E-state index contributed by atoms with van der Waals surface area (Å²) in [5.41, 5.74) is 2.06. The fourth-order valence-corrected chi connectivity index (χ4v) is 3.06. The van der Waals surface area contributed by atoms with Crippen molar-refractivity contribution in [3.63, 3.8) is 0 Å². The van der Waals surface area contributed by atoms with Crippen molar-refractivity contribution < 1.29 is 9.90 Å². The van der Waals surface area contributed by atoms with Gasteiger partial charge in [0.05, 0.1) is 5.69 Å². The van der Waals surface area contributed by atoms with Gasteiger partial charge in [-0.25, -0.2) is 4.98 Å². The van der Waals surface area contributed by atoms with Crippen LogP contribution >= 0.6 is 12.4 Å². The molecule has 1 atom stereocenters. The van der Waals surface area contributed by atoms with Gasteiger partial charge in [-0.1, -0.05) is 12.5 Å². The molecule has 124 valence electrons. The second kappa shape index (κ2) is 7.10. The molecule has 0 aliphatic carbocycles. The monoisotopic (exact) mass is 337 g/mol. The van der Waals surface area contributed by atoms with Gasteiger partial charge in [-0.2, -0.15) is 0 Å². The number of nitrogens with zero attached hydrogens (tertiary/aromatic N) is 3. The molecule has 0 saturated carbocycles. The van der Waals surface area contributed by atoms with Crippen LogP contribution in [0.25, 0.3) is 5.65 Å². The first-order valence-electron chi connectivity index (χ1n) is 7.51. The van der Waals surface area contributed by atoms with Crippen LogP contribution in [0.15, 0.2) is 29.2 Å². The molecule has 0 bridgehead atoms. The predicted molar refractivity (Wildman–Crippen MR) is 89.1 cm³/mol. The van der Waals surface area contributed by atoms with Gasteiger partial charge < -0.3 is 5.11 Å². The van der Waals surface area contributed by atoms with Crippen molar-refractivity contribution in [1.29, 1.82) is 0 Å². The Hall–Kier alpha value is -1.92. The number of likely N-dealkylation sites (tertiary alicyclic amines) is 1. The normalized spacial score (nSPS) is 18.6. The Kier molecular flexibility index (Phi) is 5.38. The third kappa shape index (κ3) is 3.54. The van der Waals surface area contributed by atoms with Crippen LogP contribution in [-0.4, -0.2) is 37.9 Å². The van der Waals surface area contributed by atoms with E-state index in [4.69, 9.17) is 0 Å². The number of aromatic nitrogens is 2. The zero-order chi connectivity index (χ0) is 15.7. The third-order valence-electron chi connectivity index (χ3n) is 4.20. The predicted octanol–water partition coefficient (Wildman–Crippen LogP) is 1.86. The highest BCUT2D eigenvalue weighted by atomic mass is 35.5. The second-order valence-electron chi connectivity index (χ2n) is 5.79. The maximum absolute atomic E-state index is 12.2. The molecule has 1 aliphatic rings. The highest BCUT2D eigenvalue weighted by Crippen LogP contribution is 2.19. The van der Waals surface area contributed by atoms with Crippen molar-refractivity contribution in [3.05, 3.63) is 46.0 Å². The number of pyridine rings is 1. The van der Waals surface area contributed by atoms with E-state index in [9.17, 15) is 14.7 Å². The van der Waals surface area contributed by atoms with Crippen LogP contribution in [0.4, 0.5) is 0 Å². The van der Waals surface area contributed by atoms with E-state index in [1.165, 1.54) is 10.5 Å². The topological polar surface area (TPSA) is 74.9 Å². The summed E-state index contributed by atoms with van der Waals surface area (Å²) in [6.45, 7) is 3.04. The Morgan fingerprint density at radius 2 is 2.22 bits per heavy atom. The van der Waals surface area contributed by atoms with Crippen molar-refractivity contribution in [2.45, 2.75) is 38.8 Å². The standard InChI is InChI=1S/C16H19N3O3.ClH/c1-11-5-4-8-19-14(20)9-12(17-15(11)19)10-18-7-3-2-6-13(18)16(21)22;/h4-5,8-9,13H,2-3,6-7,10H2,1H3,(H,21,22);1H. The molecule has 2 aromatic heterocycles. The summed E-state index contributed by atoms with van der Waals surface area (Å²) in [7, 11) is 0. The SMILES string of the molecule is Cc1cccn2c(=O)cc(CN3CCCCC3C(=O)O)nc12.Cl. The molecule has 23 heavy (non-hydrogen) atoms. The largest absolute Gasteiger partial charge is 0.480 e. The van der Waals surface area contributed by atoms with Crippen molar-refractivity contribution in [3.8, 4) is 0 Å². The van der Waals surface area contributed by atoms with Crippen LogP contribution in [0.2, 0.25) is 0 Å². The molecule has 7 heteroatoms. The van der Waals surface area contributed by atoms with Gasteiger partial charge >= 0.3 is 5.97 Å². The van der Waals surface area contributed by atoms with E-state index in [0.29, 0.717) is 24.3 Å². The van der Waals surface area contributed by atoms with Crippen LogP contribution in [0.3, 0.4) is 0 Å². The lowest BCUT2D eigenvalue weighted by molar-refractivity contribution is -0.144. The lowest BCUT2D eigenvalue weighted by Crippen LogP contribution is -2.44. The molecule has 1 saturated heterocycles. The molecule has 1 unspecified atom stereocenters. The van der Waals surface area contributed by atoms with E-state index in [-0.39, 0.29) is 18.0 Å². The maximum Gasteiger partial charge on any atom is 0.320 e. The maximum atomic E-state index is 12.2. The molecular weight excluding hydrogens is 318 g/mol. The first-order valence-corrected chi connectivity index (χ1v) is 7.51. The highest BCUT2D eigenvalue weighted by molar-refractivity contribution is 5.85. The number of aryl methyl sites for hydroxylation is 1. The number of hydrogen-bond acceptors (Lipinski definition) is 4.